The van der Waals surface area contributed by atoms with Gasteiger partial charge in [-0.3, -0.25) is 18.7 Å². The van der Waals surface area contributed by atoms with Crippen LogP contribution in [0.15, 0.2) is 32.4 Å². The molecule has 0 unspecified atom stereocenters. The van der Waals surface area contributed by atoms with E-state index in [1.165, 1.54) is 23.4 Å². The summed E-state index contributed by atoms with van der Waals surface area (Å²) in [7, 11) is 1.35. The number of thioether (sulfide) groups is 1. The van der Waals surface area contributed by atoms with Crippen LogP contribution in [-0.4, -0.2) is 20.7 Å². The molecule has 0 bridgehead atoms. The Morgan fingerprint density at radius 1 is 1.38 bits per heavy atom. The number of Topliss-reactive ketones (excluding diaryl/α,β-unsaturated/α-hetero) is 1. The van der Waals surface area contributed by atoms with Crippen molar-refractivity contribution in [1.29, 1.82) is 0 Å². The summed E-state index contributed by atoms with van der Waals surface area (Å²) in [6, 6.07) is 3.58. The third-order valence-corrected chi connectivity index (χ3v) is 4.42. The number of carbonyl (C=O) groups excluding carboxylic acids is 1. The van der Waals surface area contributed by atoms with Gasteiger partial charge < -0.3 is 10.2 Å². The van der Waals surface area contributed by atoms with Gasteiger partial charge in [0.2, 0.25) is 0 Å². The number of nitrogens with zero attached hydrogens (tertiary/aromatic N) is 2. The molecule has 7 nitrogen and oxygen atoms in total. The highest BCUT2D eigenvalue weighted by molar-refractivity contribution is 7.99. The molecular weight excluding hydrogens is 330 g/mol. The Balaban J connectivity index is 2.28. The summed E-state index contributed by atoms with van der Waals surface area (Å²) in [6.45, 7) is 4.20. The summed E-state index contributed by atoms with van der Waals surface area (Å²) >= 11 is 1.33. The average Bonchev–Trinajstić information content (AvgIpc) is 3.03. The highest BCUT2D eigenvalue weighted by atomic mass is 32.2. The molecule has 2 aromatic heterocycles. The second-order valence-electron chi connectivity index (χ2n) is 5.91. The van der Waals surface area contributed by atoms with Crippen molar-refractivity contribution in [3.05, 3.63) is 50.6 Å². The van der Waals surface area contributed by atoms with Gasteiger partial charge in [0.05, 0.1) is 17.8 Å². The van der Waals surface area contributed by atoms with E-state index >= 15 is 0 Å². The maximum absolute atomic E-state index is 12.5. The lowest BCUT2D eigenvalue weighted by Crippen LogP contribution is -2.43. The first-order chi connectivity index (χ1) is 11.3. The lowest BCUT2D eigenvalue weighted by atomic mass is 10.2. The van der Waals surface area contributed by atoms with Gasteiger partial charge in [-0.05, 0) is 18.1 Å². The molecule has 0 radical (unpaired) electrons. The summed E-state index contributed by atoms with van der Waals surface area (Å²) in [5.41, 5.74) is 4.69. The third-order valence-electron chi connectivity index (χ3n) is 3.47. The lowest BCUT2D eigenvalue weighted by molar-refractivity contribution is 0.102. The number of hydrogen-bond acceptors (Lipinski definition) is 6. The first-order valence-corrected chi connectivity index (χ1v) is 8.71. The van der Waals surface area contributed by atoms with Crippen molar-refractivity contribution in [3.8, 4) is 0 Å². The van der Waals surface area contributed by atoms with Crippen LogP contribution in [0.2, 0.25) is 0 Å². The number of anilines is 1. The van der Waals surface area contributed by atoms with Crippen LogP contribution < -0.4 is 17.0 Å². The van der Waals surface area contributed by atoms with Crippen LogP contribution in [0.5, 0.6) is 0 Å². The van der Waals surface area contributed by atoms with Gasteiger partial charge >= 0.3 is 5.69 Å². The Morgan fingerprint density at radius 3 is 2.67 bits per heavy atom. The molecular formula is C16H21N3O4S. The molecule has 0 aliphatic carbocycles. The molecule has 0 fully saturated rings. The predicted molar refractivity (Wildman–Crippen MR) is 94.4 cm³/mol. The molecule has 0 amide bonds. The number of nitrogen functional groups attached to an aromatic ring is 1. The van der Waals surface area contributed by atoms with E-state index < -0.39 is 11.2 Å². The van der Waals surface area contributed by atoms with Crippen molar-refractivity contribution in [2.75, 3.05) is 11.5 Å². The Hall–Kier alpha value is -2.22. The molecule has 0 saturated carbocycles. The van der Waals surface area contributed by atoms with E-state index in [1.807, 2.05) is 19.9 Å². The Kier molecular flexibility index (Phi) is 5.71. The number of hydrogen-bond donors (Lipinski definition) is 1. The maximum atomic E-state index is 12.5. The van der Waals surface area contributed by atoms with Crippen molar-refractivity contribution in [1.82, 2.24) is 9.13 Å². The van der Waals surface area contributed by atoms with Gasteiger partial charge in [0, 0.05) is 13.6 Å². The van der Waals surface area contributed by atoms with Gasteiger partial charge in [-0.2, -0.15) is 0 Å². The van der Waals surface area contributed by atoms with Crippen LogP contribution in [0.3, 0.4) is 0 Å². The number of ketones is 1. The minimum absolute atomic E-state index is 0.0552. The summed E-state index contributed by atoms with van der Waals surface area (Å²) in [5.74, 6) is 1.06. The molecule has 0 aliphatic heterocycles. The average molecular weight is 351 g/mol. The molecule has 8 heteroatoms. The molecule has 24 heavy (non-hydrogen) atoms. The molecule has 2 rings (SSSR count). The zero-order valence-corrected chi connectivity index (χ0v) is 14.8. The Labute approximate surface area is 143 Å². The zero-order valence-electron chi connectivity index (χ0n) is 13.9. The second kappa shape index (κ2) is 7.57. The van der Waals surface area contributed by atoms with E-state index in [0.717, 1.165) is 10.3 Å². The van der Waals surface area contributed by atoms with Crippen LogP contribution in [0.1, 0.15) is 30.0 Å². The van der Waals surface area contributed by atoms with Gasteiger partial charge in [-0.1, -0.05) is 13.8 Å². The number of aromatic nitrogens is 2. The van der Waals surface area contributed by atoms with E-state index in [1.54, 1.807) is 12.3 Å². The summed E-state index contributed by atoms with van der Waals surface area (Å²) in [4.78, 5) is 37.0. The standard InChI is InChI=1S/C16H21N3O4S/c1-10(2)7-19-14(17)13(15(21)18(3)16(19)22)12(20)9-24-8-11-5-4-6-23-11/h4-6,10H,7-9,17H2,1-3H3. The first kappa shape index (κ1) is 18.1. The largest absolute Gasteiger partial charge is 0.468 e. The minimum atomic E-state index is -0.652. The van der Waals surface area contributed by atoms with Crippen molar-refractivity contribution < 1.29 is 9.21 Å². The van der Waals surface area contributed by atoms with Crippen LogP contribution in [-0.2, 0) is 19.3 Å². The quantitative estimate of drug-likeness (QED) is 0.759. The van der Waals surface area contributed by atoms with Crippen molar-refractivity contribution >= 4 is 23.4 Å². The second-order valence-corrected chi connectivity index (χ2v) is 6.89. The van der Waals surface area contributed by atoms with Crippen LogP contribution in [0.4, 0.5) is 5.82 Å². The van der Waals surface area contributed by atoms with Gasteiger partial charge in [0.1, 0.15) is 17.1 Å². The molecule has 2 heterocycles. The van der Waals surface area contributed by atoms with Crippen LogP contribution >= 0.6 is 11.8 Å². The van der Waals surface area contributed by atoms with Crippen molar-refractivity contribution in [2.24, 2.45) is 13.0 Å². The van der Waals surface area contributed by atoms with Crippen LogP contribution in [0, 0.1) is 5.92 Å². The summed E-state index contributed by atoms with van der Waals surface area (Å²) in [5, 5.41) is 0. The molecule has 130 valence electrons. The molecule has 0 saturated heterocycles. The predicted octanol–water partition coefficient (Wildman–Crippen LogP) is 1.49. The highest BCUT2D eigenvalue weighted by Gasteiger charge is 2.21. The van der Waals surface area contributed by atoms with Gasteiger partial charge in [0.15, 0.2) is 5.78 Å². The summed E-state index contributed by atoms with van der Waals surface area (Å²) in [6.07, 6.45) is 1.56. The van der Waals surface area contributed by atoms with E-state index in [-0.39, 0.29) is 28.8 Å². The van der Waals surface area contributed by atoms with Gasteiger partial charge in [-0.15, -0.1) is 11.8 Å². The van der Waals surface area contributed by atoms with Crippen LogP contribution in [0.25, 0.3) is 0 Å². The fourth-order valence-electron chi connectivity index (χ4n) is 2.30. The lowest BCUT2D eigenvalue weighted by Gasteiger charge is -2.16. The Bertz CT molecular complexity index is 834. The van der Waals surface area contributed by atoms with E-state index in [0.29, 0.717) is 12.3 Å². The fraction of sp³-hybridized carbons (Fsp3) is 0.438. The van der Waals surface area contributed by atoms with E-state index in [9.17, 15) is 14.4 Å². The minimum Gasteiger partial charge on any atom is -0.468 e. The van der Waals surface area contributed by atoms with E-state index in [2.05, 4.69) is 0 Å². The third kappa shape index (κ3) is 3.81. The first-order valence-electron chi connectivity index (χ1n) is 7.55. The fourth-order valence-corrected chi connectivity index (χ4v) is 3.10. The Morgan fingerprint density at radius 2 is 2.08 bits per heavy atom. The number of carbonyl (C=O) groups is 1. The number of furan rings is 1. The molecule has 0 aromatic carbocycles. The molecule has 0 spiro atoms. The topological polar surface area (TPSA) is 100 Å². The molecule has 2 aromatic rings. The number of nitrogens with two attached hydrogens (primary N) is 1. The summed E-state index contributed by atoms with van der Waals surface area (Å²) < 4.78 is 7.42. The molecule has 2 N–H and O–H groups in total. The maximum Gasteiger partial charge on any atom is 0.332 e. The smallest absolute Gasteiger partial charge is 0.332 e. The van der Waals surface area contributed by atoms with E-state index in [4.69, 9.17) is 10.2 Å². The molecule has 0 aliphatic rings. The molecule has 0 atom stereocenters. The monoisotopic (exact) mass is 351 g/mol. The van der Waals surface area contributed by atoms with Gasteiger partial charge in [-0.25, -0.2) is 4.79 Å². The van der Waals surface area contributed by atoms with Crippen molar-refractivity contribution in [3.63, 3.8) is 0 Å². The van der Waals surface area contributed by atoms with Crippen molar-refractivity contribution in [2.45, 2.75) is 26.1 Å². The van der Waals surface area contributed by atoms with Gasteiger partial charge in [0.25, 0.3) is 5.56 Å². The normalized spacial score (nSPS) is 11.2. The number of rotatable bonds is 7. The highest BCUT2D eigenvalue weighted by Crippen LogP contribution is 2.16. The zero-order chi connectivity index (χ0) is 17.9. The SMILES string of the molecule is CC(C)Cn1c(N)c(C(=O)CSCc2ccco2)c(=O)n(C)c1=O.